The van der Waals surface area contributed by atoms with Crippen LogP contribution in [0.5, 0.6) is 0 Å². The van der Waals surface area contributed by atoms with Gasteiger partial charge in [0.1, 0.15) is 0 Å². The predicted molar refractivity (Wildman–Crippen MR) is 137 cm³/mol. The van der Waals surface area contributed by atoms with Crippen molar-refractivity contribution in [3.05, 3.63) is 99.3 Å². The minimum atomic E-state index is 0. The Labute approximate surface area is 207 Å². The Bertz CT molecular complexity index is 686. The van der Waals surface area contributed by atoms with Gasteiger partial charge in [-0.25, -0.2) is 0 Å². The Kier molecular flexibility index (Phi) is 30.9. The topological polar surface area (TPSA) is 20.2 Å². The van der Waals surface area contributed by atoms with Gasteiger partial charge >= 0.3 is 28.4 Å². The summed E-state index contributed by atoms with van der Waals surface area (Å²) in [4.78, 5) is 0. The van der Waals surface area contributed by atoms with Gasteiger partial charge in [0.2, 0.25) is 0 Å². The monoisotopic (exact) mass is 524 g/mol. The zero-order chi connectivity index (χ0) is 19.6. The minimum Gasteiger partial charge on any atom is -0.358 e. The molecule has 0 unspecified atom stereocenters. The van der Waals surface area contributed by atoms with Crippen molar-refractivity contribution in [3.8, 4) is 0 Å². The SMILES string of the molecule is C[Si]C.Cl.Cl.[CH2-]CO.[CH2]=[Zr].[CH3-].c1ccc2[cH-]ccc2c1.c1ccc2[cH-]ccc2c1. The molecule has 1 N–H and O–H groups in total. The number of benzene rings is 2. The maximum Gasteiger partial charge on any atom is -0.0809 e. The first-order chi connectivity index (χ1) is 12.8. The average molecular weight is 527 g/mol. The third-order valence-electron chi connectivity index (χ3n) is 3.10. The van der Waals surface area contributed by atoms with Gasteiger partial charge in [-0.15, -0.1) is 84.1 Å². The summed E-state index contributed by atoms with van der Waals surface area (Å²) < 4.78 is 3.34. The first-order valence-corrected chi connectivity index (χ1v) is 12.1. The van der Waals surface area contributed by atoms with Crippen LogP contribution >= 0.6 is 24.8 Å². The molecule has 2 radical (unpaired) electrons. The number of fused-ring (bicyclic) bond motifs is 2. The quantitative estimate of drug-likeness (QED) is 0.194. The molecule has 29 heavy (non-hydrogen) atoms. The number of halogens is 2. The number of aliphatic hydroxyl groups is 1. The molecule has 0 atom stereocenters. The van der Waals surface area contributed by atoms with Gasteiger partial charge in [-0.1, -0.05) is 31.8 Å². The van der Waals surface area contributed by atoms with Crippen molar-refractivity contribution in [1.29, 1.82) is 0 Å². The number of hydrogen-bond acceptors (Lipinski definition) is 1. The second kappa shape index (κ2) is 25.2. The molecule has 5 heteroatoms. The third-order valence-corrected chi connectivity index (χ3v) is 3.10. The van der Waals surface area contributed by atoms with E-state index < -0.39 is 0 Å². The van der Waals surface area contributed by atoms with Gasteiger partial charge in [-0.3, -0.25) is 0 Å². The van der Waals surface area contributed by atoms with Crippen molar-refractivity contribution in [1.82, 2.24) is 0 Å². The summed E-state index contributed by atoms with van der Waals surface area (Å²) in [6, 6.07) is 29.3. The van der Waals surface area contributed by atoms with E-state index in [0.717, 1.165) is 9.52 Å². The second-order valence-electron chi connectivity index (χ2n) is 5.03. The van der Waals surface area contributed by atoms with E-state index in [1.807, 2.05) is 0 Å². The fourth-order valence-corrected chi connectivity index (χ4v) is 2.14. The Balaban J connectivity index is -0.000000149. The van der Waals surface area contributed by atoms with Crippen molar-refractivity contribution in [2.75, 3.05) is 6.61 Å². The van der Waals surface area contributed by atoms with Gasteiger partial charge in [0.05, 0.1) is 0 Å². The smallest absolute Gasteiger partial charge is 0.0809 e. The molecule has 0 heterocycles. The first-order valence-electron chi connectivity index (χ1n) is 8.31. The largest absolute Gasteiger partial charge is 0.358 e. The fourth-order valence-electron chi connectivity index (χ4n) is 2.14. The van der Waals surface area contributed by atoms with Crippen LogP contribution in [-0.2, 0) is 24.2 Å². The Hall–Kier alpha value is -0.830. The van der Waals surface area contributed by atoms with Crippen LogP contribution in [0, 0.1) is 14.4 Å². The Morgan fingerprint density at radius 1 is 0.828 bits per heavy atom. The van der Waals surface area contributed by atoms with Gasteiger partial charge in [-0.05, 0) is 0 Å². The number of aliphatic hydroxyl groups excluding tert-OH is 1. The number of hydrogen-bond donors (Lipinski definition) is 1. The summed E-state index contributed by atoms with van der Waals surface area (Å²) >= 11 is 1.30. The van der Waals surface area contributed by atoms with E-state index in [4.69, 9.17) is 5.11 Å². The standard InChI is InChI=1S/2C9H7.C2H5O.C2H6Si.CH3.CH2.2ClH.Zr/c2*1-2-5-9-7-3-6-8(9)4-1;1-2-3;1-3-2;;;;;/h2*1-7H;3H,1-2H2;1-2H3;1H3;1H2;2*1H;/q3*-1;;-1;;;;. The molecule has 0 amide bonds. The van der Waals surface area contributed by atoms with Crippen LogP contribution in [0.1, 0.15) is 0 Å². The molecule has 4 aromatic carbocycles. The molecule has 160 valence electrons. The molecule has 1 nitrogen and oxygen atoms in total. The summed E-state index contributed by atoms with van der Waals surface area (Å²) in [5, 5.41) is 12.8. The van der Waals surface area contributed by atoms with Crippen molar-refractivity contribution in [2.45, 2.75) is 13.1 Å². The van der Waals surface area contributed by atoms with E-state index in [0.29, 0.717) is 0 Å². The average Bonchev–Trinajstić information content (AvgIpc) is 3.34. The Morgan fingerprint density at radius 2 is 1.10 bits per heavy atom. The van der Waals surface area contributed by atoms with E-state index in [1.165, 1.54) is 45.8 Å². The summed E-state index contributed by atoms with van der Waals surface area (Å²) in [5.41, 5.74) is 0. The molecule has 0 aliphatic carbocycles. The first kappa shape index (κ1) is 35.6. The molecule has 4 aromatic rings. The van der Waals surface area contributed by atoms with Crippen LogP contribution in [0.4, 0.5) is 0 Å². The normalized spacial score (nSPS) is 7.69. The van der Waals surface area contributed by atoms with Crippen LogP contribution < -0.4 is 0 Å². The minimum absolute atomic E-state index is 0. The van der Waals surface area contributed by atoms with Gasteiger partial charge in [0.25, 0.3) is 0 Å². The zero-order valence-corrected chi connectivity index (χ0v) is 22.6. The molecule has 0 fully saturated rings. The number of rotatable bonds is 0. The van der Waals surface area contributed by atoms with Gasteiger partial charge in [0, 0.05) is 9.52 Å². The van der Waals surface area contributed by atoms with E-state index in [-0.39, 0.29) is 38.8 Å². The molecular formula is C24H32Cl2OSiZr-4. The summed E-state index contributed by atoms with van der Waals surface area (Å²) in [5.74, 6) is 0. The third kappa shape index (κ3) is 15.6. The maximum atomic E-state index is 7.46. The van der Waals surface area contributed by atoms with Crippen molar-refractivity contribution >= 4 is 60.1 Å². The molecule has 0 bridgehead atoms. The fraction of sp³-hybridized carbons (Fsp3) is 0.125. The predicted octanol–water partition coefficient (Wildman–Crippen LogP) is 6.98. The van der Waals surface area contributed by atoms with Crippen molar-refractivity contribution < 1.29 is 29.3 Å². The summed E-state index contributed by atoms with van der Waals surface area (Å²) in [7, 11) is 1.08. The van der Waals surface area contributed by atoms with Crippen molar-refractivity contribution in [3.63, 3.8) is 0 Å². The molecule has 0 aliphatic rings. The van der Waals surface area contributed by atoms with Crippen LogP contribution in [0.15, 0.2) is 84.9 Å². The van der Waals surface area contributed by atoms with E-state index >= 15 is 0 Å². The van der Waals surface area contributed by atoms with E-state index in [9.17, 15) is 0 Å². The zero-order valence-electron chi connectivity index (χ0n) is 17.5. The molecule has 0 aliphatic heterocycles. The van der Waals surface area contributed by atoms with Crippen LogP contribution in [0.2, 0.25) is 13.1 Å². The van der Waals surface area contributed by atoms with Crippen LogP contribution in [-0.4, -0.2) is 25.4 Å². The molecule has 0 saturated heterocycles. The van der Waals surface area contributed by atoms with E-state index in [2.05, 4.69) is 109 Å². The van der Waals surface area contributed by atoms with Crippen molar-refractivity contribution in [2.24, 2.45) is 0 Å². The van der Waals surface area contributed by atoms with Gasteiger partial charge in [-0.2, -0.15) is 35.0 Å². The van der Waals surface area contributed by atoms with Crippen LogP contribution in [0.25, 0.3) is 21.5 Å². The summed E-state index contributed by atoms with van der Waals surface area (Å²) in [6.45, 7) is 7.35. The molecule has 4 rings (SSSR count). The molecule has 0 spiro atoms. The molecule has 0 aromatic heterocycles. The second-order valence-corrected chi connectivity index (χ2v) is 6.03. The Morgan fingerprint density at radius 3 is 1.38 bits per heavy atom. The maximum absolute atomic E-state index is 7.46. The van der Waals surface area contributed by atoms with Gasteiger partial charge in [0.15, 0.2) is 0 Å². The van der Waals surface area contributed by atoms with E-state index in [1.54, 1.807) is 0 Å². The van der Waals surface area contributed by atoms with Gasteiger partial charge < -0.3 is 19.5 Å². The molecular weight excluding hydrogens is 494 g/mol. The van der Waals surface area contributed by atoms with Crippen LogP contribution in [0.3, 0.4) is 0 Å². The molecule has 0 saturated carbocycles. The summed E-state index contributed by atoms with van der Waals surface area (Å²) in [6.07, 6.45) is 0.